The first-order valence-corrected chi connectivity index (χ1v) is 9.28. The lowest BCUT2D eigenvalue weighted by molar-refractivity contribution is 0.0979. The zero-order valence-electron chi connectivity index (χ0n) is 15.7. The highest BCUT2D eigenvalue weighted by Gasteiger charge is 2.06. The fourth-order valence-electron chi connectivity index (χ4n) is 2.78. The number of rotatable bonds is 11. The Morgan fingerprint density at radius 2 is 1.62 bits per heavy atom. The average Bonchev–Trinajstić information content (AvgIpc) is 2.66. The molecule has 0 aromatic heterocycles. The van der Waals surface area contributed by atoms with Gasteiger partial charge in [0, 0.05) is 18.5 Å². The van der Waals surface area contributed by atoms with Gasteiger partial charge in [0.2, 0.25) is 0 Å². The summed E-state index contributed by atoms with van der Waals surface area (Å²) in [6, 6.07) is 16.6. The maximum Gasteiger partial charge on any atom is 0.162 e. The molecule has 3 heteroatoms. The van der Waals surface area contributed by atoms with Crippen LogP contribution in [-0.2, 0) is 6.54 Å². The topological polar surface area (TPSA) is 29.1 Å². The van der Waals surface area contributed by atoms with Crippen molar-refractivity contribution < 1.29 is 4.79 Å². The van der Waals surface area contributed by atoms with Crippen molar-refractivity contribution in [2.24, 2.45) is 0 Å². The van der Waals surface area contributed by atoms with Crippen molar-refractivity contribution in [1.82, 2.24) is 5.32 Å². The highest BCUT2D eigenvalue weighted by Crippen LogP contribution is 2.21. The monoisotopic (exact) mass is 371 g/mol. The van der Waals surface area contributed by atoms with E-state index in [1.54, 1.807) is 0 Å². The SMILES string of the molecule is C=CCCNCc1ccc(-c2ccc(C(=O)CCCCC)cc2)cc1.Cl. The fourth-order valence-corrected chi connectivity index (χ4v) is 2.78. The third kappa shape index (κ3) is 7.15. The molecule has 0 radical (unpaired) electrons. The van der Waals surface area contributed by atoms with Crippen molar-refractivity contribution in [1.29, 1.82) is 0 Å². The number of benzene rings is 2. The van der Waals surface area contributed by atoms with E-state index < -0.39 is 0 Å². The van der Waals surface area contributed by atoms with Crippen molar-refractivity contribution in [3.05, 3.63) is 72.3 Å². The Morgan fingerprint density at radius 3 is 2.19 bits per heavy atom. The first kappa shape index (κ1) is 22.1. The second kappa shape index (κ2) is 12.5. The largest absolute Gasteiger partial charge is 0.312 e. The lowest BCUT2D eigenvalue weighted by Gasteiger charge is -2.07. The van der Waals surface area contributed by atoms with E-state index in [1.165, 1.54) is 11.1 Å². The number of carbonyl (C=O) groups excluding carboxylic acids is 1. The Hall–Kier alpha value is -1.90. The molecule has 26 heavy (non-hydrogen) atoms. The smallest absolute Gasteiger partial charge is 0.162 e. The molecular weight excluding hydrogens is 342 g/mol. The summed E-state index contributed by atoms with van der Waals surface area (Å²) in [6.07, 6.45) is 6.82. The Kier molecular flexibility index (Phi) is 10.6. The van der Waals surface area contributed by atoms with Crippen molar-refractivity contribution in [3.8, 4) is 11.1 Å². The van der Waals surface area contributed by atoms with Crippen molar-refractivity contribution in [2.75, 3.05) is 6.54 Å². The Labute approximate surface area is 164 Å². The van der Waals surface area contributed by atoms with E-state index >= 15 is 0 Å². The number of Topliss-reactive ketones (excluding diaryl/α,β-unsaturated/α-hetero) is 1. The molecule has 0 bridgehead atoms. The third-order valence-corrected chi connectivity index (χ3v) is 4.36. The van der Waals surface area contributed by atoms with Crippen LogP contribution in [0.3, 0.4) is 0 Å². The van der Waals surface area contributed by atoms with Gasteiger partial charge in [0.25, 0.3) is 0 Å². The minimum absolute atomic E-state index is 0. The number of halogens is 1. The van der Waals surface area contributed by atoms with Gasteiger partial charge in [0.05, 0.1) is 0 Å². The van der Waals surface area contributed by atoms with Crippen molar-refractivity contribution in [3.63, 3.8) is 0 Å². The second-order valence-corrected chi connectivity index (χ2v) is 6.41. The molecule has 0 saturated heterocycles. The molecule has 0 aliphatic heterocycles. The van der Waals surface area contributed by atoms with Crippen LogP contribution in [0.5, 0.6) is 0 Å². The van der Waals surface area contributed by atoms with E-state index in [4.69, 9.17) is 0 Å². The molecule has 0 spiro atoms. The number of carbonyl (C=O) groups is 1. The Balaban J connectivity index is 0.00000338. The van der Waals surface area contributed by atoms with Gasteiger partial charge in [0.1, 0.15) is 0 Å². The standard InChI is InChI=1S/C23H29NO.ClH/c1-3-5-7-8-23(25)22-15-13-21(14-16-22)20-11-9-19(10-12-20)18-24-17-6-4-2;/h4,9-16,24H,2-3,5-8,17-18H2,1H3;1H. The molecule has 0 atom stereocenters. The van der Waals surface area contributed by atoms with Gasteiger partial charge in [-0.25, -0.2) is 0 Å². The first-order valence-electron chi connectivity index (χ1n) is 9.28. The van der Waals surface area contributed by atoms with Crippen LogP contribution in [0, 0.1) is 0 Å². The average molecular weight is 372 g/mol. The van der Waals surface area contributed by atoms with Gasteiger partial charge in [-0.1, -0.05) is 74.4 Å². The molecule has 2 aromatic rings. The first-order chi connectivity index (χ1) is 12.2. The lowest BCUT2D eigenvalue weighted by atomic mass is 9.99. The molecule has 140 valence electrons. The van der Waals surface area contributed by atoms with Crippen molar-refractivity contribution in [2.45, 2.75) is 45.6 Å². The molecule has 0 heterocycles. The maximum atomic E-state index is 12.1. The summed E-state index contributed by atoms with van der Waals surface area (Å²) < 4.78 is 0. The fraction of sp³-hybridized carbons (Fsp3) is 0.348. The quantitative estimate of drug-likeness (QED) is 0.289. The van der Waals surface area contributed by atoms with Gasteiger partial charge in [-0.2, -0.15) is 0 Å². The van der Waals surface area contributed by atoms with E-state index in [0.29, 0.717) is 6.42 Å². The van der Waals surface area contributed by atoms with Crippen LogP contribution in [0.4, 0.5) is 0 Å². The summed E-state index contributed by atoms with van der Waals surface area (Å²) in [5.41, 5.74) is 4.43. The molecule has 2 aromatic carbocycles. The molecule has 2 nitrogen and oxygen atoms in total. The van der Waals surface area contributed by atoms with Gasteiger partial charge >= 0.3 is 0 Å². The molecule has 0 aliphatic carbocycles. The molecule has 0 amide bonds. The van der Waals surface area contributed by atoms with Gasteiger partial charge < -0.3 is 5.32 Å². The van der Waals surface area contributed by atoms with E-state index in [-0.39, 0.29) is 18.2 Å². The summed E-state index contributed by atoms with van der Waals surface area (Å²) in [5.74, 6) is 0.251. The van der Waals surface area contributed by atoms with Crippen LogP contribution >= 0.6 is 12.4 Å². The predicted octanol–water partition coefficient (Wildman–Crippen LogP) is 6.20. The lowest BCUT2D eigenvalue weighted by Crippen LogP contribution is -2.13. The Bertz CT molecular complexity index is 662. The molecule has 0 unspecified atom stereocenters. The van der Waals surface area contributed by atoms with E-state index in [2.05, 4.69) is 43.1 Å². The molecule has 0 fully saturated rings. The highest BCUT2D eigenvalue weighted by molar-refractivity contribution is 5.96. The summed E-state index contributed by atoms with van der Waals surface area (Å²) in [6.45, 7) is 7.71. The minimum atomic E-state index is 0. The van der Waals surface area contributed by atoms with Gasteiger partial charge in [-0.15, -0.1) is 19.0 Å². The van der Waals surface area contributed by atoms with Crippen LogP contribution < -0.4 is 5.32 Å². The molecule has 0 aliphatic rings. The maximum absolute atomic E-state index is 12.1. The number of hydrogen-bond donors (Lipinski definition) is 1. The normalized spacial score (nSPS) is 10.2. The van der Waals surface area contributed by atoms with Crippen LogP contribution in [0.1, 0.15) is 54.9 Å². The third-order valence-electron chi connectivity index (χ3n) is 4.36. The van der Waals surface area contributed by atoms with E-state index in [9.17, 15) is 4.79 Å². The summed E-state index contributed by atoms with van der Waals surface area (Å²) in [5, 5.41) is 3.39. The predicted molar refractivity (Wildman–Crippen MR) is 114 cm³/mol. The number of unbranched alkanes of at least 4 members (excludes halogenated alkanes) is 2. The van der Waals surface area contributed by atoms with E-state index in [1.807, 2.05) is 30.3 Å². The summed E-state index contributed by atoms with van der Waals surface area (Å²) >= 11 is 0. The van der Waals surface area contributed by atoms with Gasteiger partial charge in [0.15, 0.2) is 5.78 Å². The molecular formula is C23H30ClNO. The Morgan fingerprint density at radius 1 is 1.00 bits per heavy atom. The van der Waals surface area contributed by atoms with Crippen LogP contribution in [-0.4, -0.2) is 12.3 Å². The van der Waals surface area contributed by atoms with E-state index in [0.717, 1.165) is 49.9 Å². The zero-order chi connectivity index (χ0) is 17.9. The van der Waals surface area contributed by atoms with Gasteiger partial charge in [-0.05, 0) is 36.1 Å². The summed E-state index contributed by atoms with van der Waals surface area (Å²) in [7, 11) is 0. The minimum Gasteiger partial charge on any atom is -0.312 e. The van der Waals surface area contributed by atoms with Crippen LogP contribution in [0.2, 0.25) is 0 Å². The number of hydrogen-bond acceptors (Lipinski definition) is 2. The molecule has 2 rings (SSSR count). The molecule has 0 saturated carbocycles. The van der Waals surface area contributed by atoms with Crippen LogP contribution in [0.25, 0.3) is 11.1 Å². The van der Waals surface area contributed by atoms with Crippen LogP contribution in [0.15, 0.2) is 61.2 Å². The highest BCUT2D eigenvalue weighted by atomic mass is 35.5. The second-order valence-electron chi connectivity index (χ2n) is 6.41. The van der Waals surface area contributed by atoms with Gasteiger partial charge in [-0.3, -0.25) is 4.79 Å². The van der Waals surface area contributed by atoms with Crippen molar-refractivity contribution >= 4 is 18.2 Å². The zero-order valence-corrected chi connectivity index (χ0v) is 16.5. The summed E-state index contributed by atoms with van der Waals surface area (Å²) in [4.78, 5) is 12.1. The number of nitrogens with one attached hydrogen (secondary N) is 1. The molecule has 1 N–H and O–H groups in total. The number of ketones is 1.